The maximum absolute atomic E-state index is 5.25. The highest BCUT2D eigenvalue weighted by atomic mass is 28.3. The molecule has 0 radical (unpaired) electrons. The zero-order valence-corrected chi connectivity index (χ0v) is 25.1. The predicted octanol–water partition coefficient (Wildman–Crippen LogP) is 9.70. The highest BCUT2D eigenvalue weighted by Crippen LogP contribution is 2.43. The van der Waals surface area contributed by atoms with Gasteiger partial charge in [0.25, 0.3) is 0 Å². The fourth-order valence-electron chi connectivity index (χ4n) is 5.50. The van der Waals surface area contributed by atoms with E-state index in [9.17, 15) is 0 Å². The molecule has 4 aromatic carbocycles. The van der Waals surface area contributed by atoms with Crippen LogP contribution in [-0.4, -0.2) is 13.1 Å². The van der Waals surface area contributed by atoms with Crippen molar-refractivity contribution in [1.29, 1.82) is 0 Å². The van der Waals surface area contributed by atoms with E-state index in [2.05, 4.69) is 145 Å². The summed E-state index contributed by atoms with van der Waals surface area (Å²) in [6, 6.07) is 33.7. The van der Waals surface area contributed by atoms with Gasteiger partial charge in [0.15, 0.2) is 0 Å². The molecule has 0 bridgehead atoms. The number of hydrogen-bond acceptors (Lipinski definition) is 1. The topological polar surface area (TPSA) is 12.9 Å². The van der Waals surface area contributed by atoms with Gasteiger partial charge in [-0.25, -0.2) is 4.98 Å². The average Bonchev–Trinajstić information content (AvgIpc) is 2.86. The lowest BCUT2D eigenvalue weighted by atomic mass is 9.78. The fraction of sp³-hybridized carbons (Fsp3) is 0.250. The largest absolute Gasteiger partial charge is 0.248 e. The van der Waals surface area contributed by atoms with Crippen LogP contribution in [0.4, 0.5) is 0 Å². The number of nitrogens with zero attached hydrogens (tertiary/aromatic N) is 1. The molecular weight excluding hydrogens is 474 g/mol. The van der Waals surface area contributed by atoms with Gasteiger partial charge in [0.1, 0.15) is 0 Å². The van der Waals surface area contributed by atoms with Gasteiger partial charge in [-0.15, -0.1) is 0 Å². The minimum absolute atomic E-state index is 0.0216. The average molecular weight is 514 g/mol. The van der Waals surface area contributed by atoms with Gasteiger partial charge in [-0.05, 0) is 71.3 Å². The van der Waals surface area contributed by atoms with Crippen LogP contribution in [0, 0.1) is 13.8 Å². The SMILES string of the molecule is Cc1cc(C)cc(-c2cc(-c3c(-c4ccccc4)cccc3C(C)(C)C)c3cc([Si](C)(C)C)ccc3n2)c1. The summed E-state index contributed by atoms with van der Waals surface area (Å²) in [5, 5.41) is 2.70. The molecular formula is C36H39NSi. The lowest BCUT2D eigenvalue weighted by Gasteiger charge is -2.27. The summed E-state index contributed by atoms with van der Waals surface area (Å²) in [6.45, 7) is 18.6. The number of pyridine rings is 1. The van der Waals surface area contributed by atoms with Crippen molar-refractivity contribution in [2.24, 2.45) is 0 Å². The molecule has 0 saturated heterocycles. The van der Waals surface area contributed by atoms with Crippen LogP contribution in [0.15, 0.2) is 91.0 Å². The number of aryl methyl sites for hydroxylation is 2. The first-order chi connectivity index (χ1) is 17.9. The smallest absolute Gasteiger partial charge is 0.0776 e. The predicted molar refractivity (Wildman–Crippen MR) is 169 cm³/mol. The van der Waals surface area contributed by atoms with E-state index in [1.165, 1.54) is 55.1 Å². The molecule has 192 valence electrons. The van der Waals surface area contributed by atoms with Gasteiger partial charge in [-0.2, -0.15) is 0 Å². The highest BCUT2D eigenvalue weighted by molar-refractivity contribution is 6.88. The molecule has 0 unspecified atom stereocenters. The standard InChI is InChI=1S/C36H39NSi/c1-24-19-25(2)21-27(20-24)34-23-31(30-22-28(38(6,7)8)17-18-33(30)37-34)35-29(26-13-10-9-11-14-26)15-12-16-32(35)36(3,4)5/h9-23H,1-8H3. The first-order valence-corrected chi connectivity index (χ1v) is 17.1. The zero-order valence-electron chi connectivity index (χ0n) is 24.1. The van der Waals surface area contributed by atoms with Gasteiger partial charge in [-0.3, -0.25) is 0 Å². The second-order valence-electron chi connectivity index (χ2n) is 12.8. The van der Waals surface area contributed by atoms with Crippen LogP contribution in [0.25, 0.3) is 44.4 Å². The first kappa shape index (κ1) is 26.1. The van der Waals surface area contributed by atoms with Crippen molar-refractivity contribution in [2.75, 3.05) is 0 Å². The summed E-state index contributed by atoms with van der Waals surface area (Å²) in [6.07, 6.45) is 0. The summed E-state index contributed by atoms with van der Waals surface area (Å²) in [5.41, 5.74) is 12.2. The minimum atomic E-state index is -1.52. The molecule has 0 aliphatic rings. The van der Waals surface area contributed by atoms with Gasteiger partial charge >= 0.3 is 0 Å². The van der Waals surface area contributed by atoms with Crippen LogP contribution in [0.1, 0.15) is 37.5 Å². The van der Waals surface area contributed by atoms with Crippen LogP contribution in [0.5, 0.6) is 0 Å². The molecule has 2 heteroatoms. The van der Waals surface area contributed by atoms with E-state index in [1.54, 1.807) is 0 Å². The molecule has 1 nitrogen and oxygen atoms in total. The molecule has 0 aliphatic carbocycles. The molecule has 0 fully saturated rings. The van der Waals surface area contributed by atoms with Crippen LogP contribution in [0.3, 0.4) is 0 Å². The summed E-state index contributed by atoms with van der Waals surface area (Å²) in [4.78, 5) is 5.25. The lowest BCUT2D eigenvalue weighted by Crippen LogP contribution is -2.37. The van der Waals surface area contributed by atoms with E-state index in [-0.39, 0.29) is 5.41 Å². The van der Waals surface area contributed by atoms with Gasteiger partial charge < -0.3 is 0 Å². The lowest BCUT2D eigenvalue weighted by molar-refractivity contribution is 0.592. The molecule has 1 aromatic heterocycles. The van der Waals surface area contributed by atoms with E-state index in [4.69, 9.17) is 4.98 Å². The van der Waals surface area contributed by atoms with Crippen LogP contribution in [0.2, 0.25) is 19.6 Å². The minimum Gasteiger partial charge on any atom is -0.248 e. The Bertz CT molecular complexity index is 1610. The van der Waals surface area contributed by atoms with Crippen molar-refractivity contribution in [3.8, 4) is 33.5 Å². The molecule has 5 rings (SSSR count). The fourth-order valence-corrected chi connectivity index (χ4v) is 6.66. The van der Waals surface area contributed by atoms with E-state index in [0.29, 0.717) is 0 Å². The van der Waals surface area contributed by atoms with Crippen molar-refractivity contribution in [3.63, 3.8) is 0 Å². The molecule has 0 amide bonds. The number of hydrogen-bond donors (Lipinski definition) is 0. The third-order valence-corrected chi connectivity index (χ3v) is 9.46. The van der Waals surface area contributed by atoms with Crippen LogP contribution in [-0.2, 0) is 5.41 Å². The van der Waals surface area contributed by atoms with Gasteiger partial charge in [0, 0.05) is 10.9 Å². The normalized spacial score (nSPS) is 12.2. The molecule has 5 aromatic rings. The maximum Gasteiger partial charge on any atom is 0.0776 e. The molecule has 0 aliphatic heterocycles. The van der Waals surface area contributed by atoms with Crippen LogP contribution < -0.4 is 5.19 Å². The molecule has 0 saturated carbocycles. The van der Waals surface area contributed by atoms with E-state index in [0.717, 1.165) is 11.2 Å². The Morgan fingerprint density at radius 2 is 1.32 bits per heavy atom. The first-order valence-electron chi connectivity index (χ1n) is 13.6. The van der Waals surface area contributed by atoms with Crippen molar-refractivity contribution in [3.05, 3.63) is 108 Å². The van der Waals surface area contributed by atoms with E-state index in [1.807, 2.05) is 0 Å². The Hall–Kier alpha value is -3.49. The van der Waals surface area contributed by atoms with Crippen molar-refractivity contribution < 1.29 is 0 Å². The molecule has 0 atom stereocenters. The van der Waals surface area contributed by atoms with Crippen molar-refractivity contribution >= 4 is 24.2 Å². The van der Waals surface area contributed by atoms with E-state index >= 15 is 0 Å². The number of rotatable bonds is 4. The van der Waals surface area contributed by atoms with Gasteiger partial charge in [0.2, 0.25) is 0 Å². The molecule has 38 heavy (non-hydrogen) atoms. The summed E-state index contributed by atoms with van der Waals surface area (Å²) >= 11 is 0. The Labute approximate surface area is 229 Å². The third kappa shape index (κ3) is 5.10. The second kappa shape index (κ2) is 9.67. The zero-order chi connectivity index (χ0) is 27.2. The number of benzene rings is 4. The Morgan fingerprint density at radius 1 is 0.632 bits per heavy atom. The second-order valence-corrected chi connectivity index (χ2v) is 17.8. The van der Waals surface area contributed by atoms with Gasteiger partial charge in [0.05, 0.1) is 19.3 Å². The third-order valence-electron chi connectivity index (χ3n) is 7.42. The summed E-state index contributed by atoms with van der Waals surface area (Å²) in [5.74, 6) is 0. The molecule has 0 spiro atoms. The van der Waals surface area contributed by atoms with Gasteiger partial charge in [-0.1, -0.05) is 123 Å². The van der Waals surface area contributed by atoms with Crippen molar-refractivity contribution in [1.82, 2.24) is 4.98 Å². The van der Waals surface area contributed by atoms with E-state index < -0.39 is 8.07 Å². The summed E-state index contributed by atoms with van der Waals surface area (Å²) in [7, 11) is -1.52. The highest BCUT2D eigenvalue weighted by Gasteiger charge is 2.25. The molecule has 0 N–H and O–H groups in total. The van der Waals surface area contributed by atoms with Crippen LogP contribution >= 0.6 is 0 Å². The van der Waals surface area contributed by atoms with Crippen molar-refractivity contribution in [2.45, 2.75) is 59.7 Å². The Kier molecular flexibility index (Phi) is 6.65. The Morgan fingerprint density at radius 3 is 1.95 bits per heavy atom. The monoisotopic (exact) mass is 513 g/mol. The Balaban J connectivity index is 1.94. The number of aromatic nitrogens is 1. The number of fused-ring (bicyclic) bond motifs is 1. The molecule has 1 heterocycles. The quantitative estimate of drug-likeness (QED) is 0.218. The maximum atomic E-state index is 5.25. The summed E-state index contributed by atoms with van der Waals surface area (Å²) < 4.78 is 0.